The number of carbonyl (C=O) groups excluding carboxylic acids is 4. The van der Waals surface area contributed by atoms with E-state index < -0.39 is 46.8 Å². The van der Waals surface area contributed by atoms with Gasteiger partial charge >= 0.3 is 0 Å². The standard InChI is InChI=1S/C26H19Cl2N3O6/c27-13-4-5-17(20(28)9-13)24(33)29(11-21(32)12-2-1-3-14(8-12)31(36)37)30-25(34)22-15-6-7-16(19-10-18(15)19)23(22)26(30)35/h1-9,15-16,18-19,22-23H,10-11H2/t15-,16-,18-,19-,22-,23+/m1/s1. The molecule has 0 N–H and O–H groups in total. The summed E-state index contributed by atoms with van der Waals surface area (Å²) in [7, 11) is 0. The lowest BCUT2D eigenvalue weighted by Crippen LogP contribution is -2.52. The van der Waals surface area contributed by atoms with E-state index in [2.05, 4.69) is 0 Å². The van der Waals surface area contributed by atoms with Gasteiger partial charge in [0, 0.05) is 22.7 Å². The van der Waals surface area contributed by atoms with Crippen LogP contribution in [0.3, 0.4) is 0 Å². The molecule has 1 heterocycles. The maximum Gasteiger partial charge on any atom is 0.274 e. The van der Waals surface area contributed by atoms with Gasteiger partial charge in [-0.05, 0) is 48.3 Å². The number of hydrogen-bond donors (Lipinski definition) is 0. The Kier molecular flexibility index (Phi) is 5.47. The minimum Gasteiger partial charge on any atom is -0.292 e. The first kappa shape index (κ1) is 23.8. The molecule has 2 saturated carbocycles. The number of allylic oxidation sites excluding steroid dienone is 2. The first-order chi connectivity index (χ1) is 17.7. The van der Waals surface area contributed by atoms with Crippen LogP contribution in [0.4, 0.5) is 5.69 Å². The van der Waals surface area contributed by atoms with Crippen LogP contribution >= 0.6 is 23.2 Å². The summed E-state index contributed by atoms with van der Waals surface area (Å²) in [5.41, 5.74) is -0.378. The highest BCUT2D eigenvalue weighted by molar-refractivity contribution is 6.36. The number of halogens is 2. The number of carbonyl (C=O) groups is 4. The summed E-state index contributed by atoms with van der Waals surface area (Å²) in [5, 5.41) is 13.1. The van der Waals surface area contributed by atoms with Crippen molar-refractivity contribution in [2.45, 2.75) is 6.42 Å². The molecule has 6 atom stereocenters. The van der Waals surface area contributed by atoms with Crippen LogP contribution in [0.25, 0.3) is 0 Å². The maximum atomic E-state index is 13.7. The number of nitro benzene ring substituents is 1. The number of Topliss-reactive ketones (excluding diaryl/α,β-unsaturated/α-hetero) is 1. The zero-order valence-corrected chi connectivity index (χ0v) is 20.6. The minimum atomic E-state index is -0.828. The van der Waals surface area contributed by atoms with Gasteiger partial charge in [0.25, 0.3) is 23.4 Å². The van der Waals surface area contributed by atoms with Crippen molar-refractivity contribution >= 4 is 52.4 Å². The Balaban J connectivity index is 1.38. The van der Waals surface area contributed by atoms with Crippen LogP contribution in [0.2, 0.25) is 10.0 Å². The van der Waals surface area contributed by atoms with Gasteiger partial charge < -0.3 is 0 Å². The quantitative estimate of drug-likeness (QED) is 0.178. The molecular weight excluding hydrogens is 521 g/mol. The van der Waals surface area contributed by atoms with Gasteiger partial charge in [-0.3, -0.25) is 29.3 Å². The highest BCUT2D eigenvalue weighted by Gasteiger charge is 2.68. The van der Waals surface area contributed by atoms with Gasteiger partial charge in [0.15, 0.2) is 5.78 Å². The Hall–Kier alpha value is -3.56. The molecule has 2 aromatic carbocycles. The van der Waals surface area contributed by atoms with Gasteiger partial charge in [0.05, 0.1) is 27.3 Å². The zero-order valence-electron chi connectivity index (χ0n) is 19.1. The van der Waals surface area contributed by atoms with E-state index in [9.17, 15) is 29.3 Å². The van der Waals surface area contributed by atoms with E-state index >= 15 is 0 Å². The molecule has 3 fully saturated rings. The summed E-state index contributed by atoms with van der Waals surface area (Å²) in [6.45, 7) is -0.689. The summed E-state index contributed by atoms with van der Waals surface area (Å²) in [6, 6.07) is 9.19. The lowest BCUT2D eigenvalue weighted by molar-refractivity contribution is -0.384. The fraction of sp³-hybridized carbons (Fsp3) is 0.308. The molecule has 4 aliphatic carbocycles. The monoisotopic (exact) mass is 539 g/mol. The summed E-state index contributed by atoms with van der Waals surface area (Å²) >= 11 is 12.2. The molecule has 2 aromatic rings. The first-order valence-corrected chi connectivity index (χ1v) is 12.5. The van der Waals surface area contributed by atoms with Gasteiger partial charge in [-0.2, -0.15) is 5.01 Å². The number of hydrogen-bond acceptors (Lipinski definition) is 6. The van der Waals surface area contributed by atoms with Crippen LogP contribution in [-0.2, 0) is 9.59 Å². The summed E-state index contributed by atoms with van der Waals surface area (Å²) in [4.78, 5) is 65.0. The van der Waals surface area contributed by atoms with Gasteiger partial charge in [0.2, 0.25) is 0 Å². The number of amides is 3. The third-order valence-corrected chi connectivity index (χ3v) is 8.50. The average Bonchev–Trinajstić information content (AvgIpc) is 3.66. The Morgan fingerprint density at radius 3 is 2.24 bits per heavy atom. The van der Waals surface area contributed by atoms with Crippen LogP contribution in [0.1, 0.15) is 27.1 Å². The molecule has 1 aliphatic heterocycles. The molecule has 0 spiro atoms. The van der Waals surface area contributed by atoms with E-state index in [-0.39, 0.29) is 38.7 Å². The molecule has 5 aliphatic rings. The highest BCUT2D eigenvalue weighted by atomic mass is 35.5. The molecule has 0 unspecified atom stereocenters. The fourth-order valence-electron chi connectivity index (χ4n) is 6.23. The highest BCUT2D eigenvalue weighted by Crippen LogP contribution is 2.65. The largest absolute Gasteiger partial charge is 0.292 e. The number of benzene rings is 2. The van der Waals surface area contributed by atoms with E-state index in [1.165, 1.54) is 36.4 Å². The molecule has 9 nitrogen and oxygen atoms in total. The Bertz CT molecular complexity index is 1410. The van der Waals surface area contributed by atoms with Crippen molar-refractivity contribution < 1.29 is 24.1 Å². The van der Waals surface area contributed by atoms with E-state index in [0.29, 0.717) is 11.8 Å². The second kappa shape index (κ2) is 8.49. The Morgan fingerprint density at radius 2 is 1.65 bits per heavy atom. The number of rotatable bonds is 6. The smallest absolute Gasteiger partial charge is 0.274 e. The summed E-state index contributed by atoms with van der Waals surface area (Å²) in [6.07, 6.45) is 4.99. The Labute approximate surface area is 220 Å². The first-order valence-electron chi connectivity index (χ1n) is 11.8. The third-order valence-electron chi connectivity index (χ3n) is 7.95. The maximum absolute atomic E-state index is 13.7. The molecular formula is C26H19Cl2N3O6. The van der Waals surface area contributed by atoms with Gasteiger partial charge in [0.1, 0.15) is 6.54 Å². The molecule has 11 heteroatoms. The second-order valence-electron chi connectivity index (χ2n) is 9.86. The second-order valence-corrected chi connectivity index (χ2v) is 10.7. The summed E-state index contributed by atoms with van der Waals surface area (Å²) in [5.74, 6) is -3.17. The van der Waals surface area contributed by atoms with E-state index in [0.717, 1.165) is 22.5 Å². The average molecular weight is 540 g/mol. The molecule has 0 aromatic heterocycles. The number of imide groups is 1. The van der Waals surface area contributed by atoms with Crippen LogP contribution in [-0.4, -0.2) is 45.0 Å². The van der Waals surface area contributed by atoms with Crippen molar-refractivity contribution in [2.75, 3.05) is 6.54 Å². The van der Waals surface area contributed by atoms with Crippen LogP contribution in [0.15, 0.2) is 54.6 Å². The van der Waals surface area contributed by atoms with E-state index in [1.54, 1.807) is 0 Å². The van der Waals surface area contributed by atoms with Crippen molar-refractivity contribution in [3.8, 4) is 0 Å². The zero-order chi connectivity index (χ0) is 26.2. The fourth-order valence-corrected chi connectivity index (χ4v) is 6.72. The number of hydrazine groups is 1. The van der Waals surface area contributed by atoms with Gasteiger partial charge in [-0.15, -0.1) is 0 Å². The predicted octanol–water partition coefficient (Wildman–Crippen LogP) is 4.19. The lowest BCUT2D eigenvalue weighted by Gasteiger charge is -2.37. The van der Waals surface area contributed by atoms with Crippen molar-refractivity contribution in [1.82, 2.24) is 10.0 Å². The molecule has 7 rings (SSSR count). The number of non-ortho nitro benzene ring substituents is 1. The van der Waals surface area contributed by atoms with Crippen LogP contribution in [0.5, 0.6) is 0 Å². The third kappa shape index (κ3) is 3.67. The molecule has 37 heavy (non-hydrogen) atoms. The minimum absolute atomic E-state index is 0.00945. The lowest BCUT2D eigenvalue weighted by atomic mass is 9.63. The molecule has 1 saturated heterocycles. The van der Waals surface area contributed by atoms with E-state index in [1.807, 2.05) is 12.2 Å². The number of nitrogens with zero attached hydrogens (tertiary/aromatic N) is 3. The molecule has 2 bridgehead atoms. The summed E-state index contributed by atoms with van der Waals surface area (Å²) < 4.78 is 0. The van der Waals surface area contributed by atoms with Crippen LogP contribution in [0, 0.1) is 45.6 Å². The topological polar surface area (TPSA) is 118 Å². The van der Waals surface area contributed by atoms with E-state index in [4.69, 9.17) is 23.2 Å². The predicted molar refractivity (Wildman–Crippen MR) is 131 cm³/mol. The SMILES string of the molecule is O=C(CN(C(=O)c1ccc(Cl)cc1Cl)N1C(=O)[C@@H]2[C@@H]3C=C[C@H]([C@H]4C[C@H]34)[C@@H]2C1=O)c1cccc([N+](=O)[O-])c1. The van der Waals surface area contributed by atoms with Gasteiger partial charge in [-0.1, -0.05) is 47.5 Å². The Morgan fingerprint density at radius 1 is 1.00 bits per heavy atom. The van der Waals surface area contributed by atoms with Crippen molar-refractivity contribution in [3.63, 3.8) is 0 Å². The van der Waals surface area contributed by atoms with Crippen LogP contribution < -0.4 is 0 Å². The van der Waals surface area contributed by atoms with Crippen molar-refractivity contribution in [2.24, 2.45) is 35.5 Å². The molecule has 0 radical (unpaired) electrons. The molecule has 188 valence electrons. The molecule has 3 amide bonds. The number of ketones is 1. The van der Waals surface area contributed by atoms with Crippen molar-refractivity contribution in [3.05, 3.63) is 85.9 Å². The van der Waals surface area contributed by atoms with Gasteiger partial charge in [-0.25, -0.2) is 5.01 Å². The van der Waals surface area contributed by atoms with Crippen molar-refractivity contribution in [1.29, 1.82) is 0 Å². The number of nitro groups is 1. The normalized spacial score (nSPS) is 28.6.